The molecule has 9 heteroatoms. The molecular weight excluding hydrogens is 373 g/mol. The van der Waals surface area contributed by atoms with Crippen LogP contribution in [0.25, 0.3) is 0 Å². The average Bonchev–Trinajstić information content (AvgIpc) is 2.29. The molecule has 118 valence electrons. The molecule has 0 bridgehead atoms. The van der Waals surface area contributed by atoms with Gasteiger partial charge in [-0.15, -0.1) is 0 Å². The zero-order chi connectivity index (χ0) is 16.0. The van der Waals surface area contributed by atoms with Crippen molar-refractivity contribution in [2.45, 2.75) is 53.3 Å². The Kier molecular flexibility index (Phi) is 8.91. The van der Waals surface area contributed by atoms with E-state index in [0.29, 0.717) is 6.42 Å². The zero-order valence-electron chi connectivity index (χ0n) is 10.7. The predicted molar refractivity (Wildman–Crippen MR) is 81.0 cm³/mol. The van der Waals surface area contributed by atoms with Crippen LogP contribution in [0.5, 0.6) is 0 Å². The monoisotopic (exact) mass is 386 g/mol. The molecule has 1 N–H and O–H groups in total. The van der Waals surface area contributed by atoms with Crippen LogP contribution >= 0.6 is 58.0 Å². The van der Waals surface area contributed by atoms with Crippen molar-refractivity contribution in [1.82, 2.24) is 0 Å². The molecule has 0 aliphatic rings. The van der Waals surface area contributed by atoms with Crippen molar-refractivity contribution in [3.63, 3.8) is 0 Å². The van der Waals surface area contributed by atoms with Gasteiger partial charge in [0.25, 0.3) is 4.33 Å². The lowest BCUT2D eigenvalue weighted by Crippen LogP contribution is -2.49. The second-order valence-electron chi connectivity index (χ2n) is 4.15. The summed E-state index contributed by atoms with van der Waals surface area (Å²) >= 11 is 27.9. The van der Waals surface area contributed by atoms with Gasteiger partial charge >= 0.3 is 11.9 Å². The van der Waals surface area contributed by atoms with E-state index in [4.69, 9.17) is 67.8 Å². The van der Waals surface area contributed by atoms with Crippen LogP contribution in [0.2, 0.25) is 0 Å². The molecule has 0 aromatic carbocycles. The molecule has 0 spiro atoms. The highest BCUT2D eigenvalue weighted by Gasteiger charge is 2.55. The first-order valence-electron chi connectivity index (χ1n) is 5.90. The number of rotatable bonds is 8. The standard InChI is InChI=1S/C11H15Cl5O4/c1-2-3-4-5-6-7(17)20-8(11(14,15)16)10(12,13)9(18)19/h8H,2-6H2,1H3,(H,18,19). The van der Waals surface area contributed by atoms with Crippen LogP contribution in [0, 0.1) is 0 Å². The summed E-state index contributed by atoms with van der Waals surface area (Å²) in [6, 6.07) is 0. The molecule has 0 saturated carbocycles. The van der Waals surface area contributed by atoms with E-state index in [9.17, 15) is 9.59 Å². The van der Waals surface area contributed by atoms with Crippen molar-refractivity contribution in [2.75, 3.05) is 0 Å². The molecule has 0 aromatic heterocycles. The highest BCUT2D eigenvalue weighted by atomic mass is 35.6. The van der Waals surface area contributed by atoms with Crippen molar-refractivity contribution < 1.29 is 19.4 Å². The van der Waals surface area contributed by atoms with E-state index < -0.39 is 26.2 Å². The van der Waals surface area contributed by atoms with E-state index in [2.05, 4.69) is 0 Å². The van der Waals surface area contributed by atoms with E-state index in [1.807, 2.05) is 6.92 Å². The fourth-order valence-electron chi connectivity index (χ4n) is 1.35. The molecule has 0 saturated heterocycles. The van der Waals surface area contributed by atoms with Gasteiger partial charge < -0.3 is 9.84 Å². The van der Waals surface area contributed by atoms with Gasteiger partial charge in [0.2, 0.25) is 3.79 Å². The van der Waals surface area contributed by atoms with Gasteiger partial charge in [-0.05, 0) is 6.42 Å². The second-order valence-corrected chi connectivity index (χ2v) is 7.91. The summed E-state index contributed by atoms with van der Waals surface area (Å²) in [6.07, 6.45) is 1.67. The lowest BCUT2D eigenvalue weighted by molar-refractivity contribution is -0.153. The van der Waals surface area contributed by atoms with Crippen LogP contribution in [-0.2, 0) is 14.3 Å². The third-order valence-corrected chi connectivity index (χ3v) is 3.71. The number of carbonyl (C=O) groups is 2. The average molecular weight is 389 g/mol. The Labute approximate surface area is 142 Å². The highest BCUT2D eigenvalue weighted by molar-refractivity contribution is 6.70. The maximum absolute atomic E-state index is 11.6. The Balaban J connectivity index is 4.69. The maximum atomic E-state index is 11.6. The Morgan fingerprint density at radius 1 is 1.10 bits per heavy atom. The van der Waals surface area contributed by atoms with E-state index in [1.165, 1.54) is 0 Å². The van der Waals surface area contributed by atoms with Gasteiger partial charge in [0, 0.05) is 6.42 Å². The number of carboxylic acids is 1. The molecule has 0 fully saturated rings. The zero-order valence-corrected chi connectivity index (χ0v) is 14.5. The van der Waals surface area contributed by atoms with Crippen molar-refractivity contribution in [1.29, 1.82) is 0 Å². The third kappa shape index (κ3) is 6.90. The van der Waals surface area contributed by atoms with Gasteiger partial charge in [0.05, 0.1) is 0 Å². The minimum absolute atomic E-state index is 0.0702. The first-order chi connectivity index (χ1) is 9.03. The molecule has 0 rings (SSSR count). The molecule has 0 aromatic rings. The minimum atomic E-state index is -2.55. The Hall–Kier alpha value is 0.390. The van der Waals surface area contributed by atoms with Crippen LogP contribution in [-0.4, -0.2) is 31.3 Å². The summed E-state index contributed by atoms with van der Waals surface area (Å²) in [5, 5.41) is 8.90. The van der Waals surface area contributed by atoms with Crippen molar-refractivity contribution in [2.24, 2.45) is 0 Å². The quantitative estimate of drug-likeness (QED) is 0.378. The fraction of sp³-hybridized carbons (Fsp3) is 0.818. The van der Waals surface area contributed by atoms with E-state index in [1.54, 1.807) is 0 Å². The van der Waals surface area contributed by atoms with Crippen LogP contribution < -0.4 is 0 Å². The number of alkyl halides is 5. The topological polar surface area (TPSA) is 63.6 Å². The summed E-state index contributed by atoms with van der Waals surface area (Å²) in [4.78, 5) is 22.6. The predicted octanol–water partition coefficient (Wildman–Crippen LogP) is 4.50. The van der Waals surface area contributed by atoms with Gasteiger partial charge in [-0.2, -0.15) is 0 Å². The largest absolute Gasteiger partial charge is 0.479 e. The molecule has 0 radical (unpaired) electrons. The van der Waals surface area contributed by atoms with Crippen molar-refractivity contribution in [3.8, 4) is 0 Å². The Morgan fingerprint density at radius 3 is 2.05 bits per heavy atom. The summed E-state index contributed by atoms with van der Waals surface area (Å²) < 4.78 is 0.0276. The van der Waals surface area contributed by atoms with Crippen molar-refractivity contribution >= 4 is 69.9 Å². The van der Waals surface area contributed by atoms with Crippen LogP contribution in [0.4, 0.5) is 0 Å². The molecule has 4 nitrogen and oxygen atoms in total. The molecule has 1 unspecified atom stereocenters. The molecule has 0 heterocycles. The maximum Gasteiger partial charge on any atom is 0.344 e. The van der Waals surface area contributed by atoms with E-state index >= 15 is 0 Å². The summed E-state index contributed by atoms with van der Waals surface area (Å²) in [5.41, 5.74) is 0. The number of carboxylic acid groups (broad SMARTS) is 1. The lowest BCUT2D eigenvalue weighted by Gasteiger charge is -2.31. The molecule has 0 amide bonds. The second kappa shape index (κ2) is 8.74. The number of esters is 1. The van der Waals surface area contributed by atoms with Gasteiger partial charge in [-0.25, -0.2) is 4.79 Å². The highest BCUT2D eigenvalue weighted by Crippen LogP contribution is 2.43. The van der Waals surface area contributed by atoms with E-state index in [0.717, 1.165) is 19.3 Å². The Morgan fingerprint density at radius 2 is 1.65 bits per heavy atom. The Bertz CT molecular complexity index is 340. The SMILES string of the molecule is CCCCCCC(=O)OC(C(Cl)(Cl)Cl)C(Cl)(Cl)C(=O)O. The lowest BCUT2D eigenvalue weighted by atomic mass is 10.1. The summed E-state index contributed by atoms with van der Waals surface area (Å²) in [7, 11) is 0. The van der Waals surface area contributed by atoms with Gasteiger partial charge in [-0.1, -0.05) is 84.2 Å². The van der Waals surface area contributed by atoms with Crippen molar-refractivity contribution in [3.05, 3.63) is 0 Å². The van der Waals surface area contributed by atoms with Crippen LogP contribution in [0.1, 0.15) is 39.0 Å². The molecule has 0 aliphatic carbocycles. The van der Waals surface area contributed by atoms with Crippen LogP contribution in [0.3, 0.4) is 0 Å². The van der Waals surface area contributed by atoms with Gasteiger partial charge in [-0.3, -0.25) is 4.79 Å². The fourth-order valence-corrected chi connectivity index (χ4v) is 2.72. The van der Waals surface area contributed by atoms with Crippen LogP contribution in [0.15, 0.2) is 0 Å². The minimum Gasteiger partial charge on any atom is -0.479 e. The molecule has 1 atom stereocenters. The normalized spacial score (nSPS) is 13.9. The molecule has 20 heavy (non-hydrogen) atoms. The third-order valence-electron chi connectivity index (χ3n) is 2.40. The first kappa shape index (κ1) is 20.4. The van der Waals surface area contributed by atoms with Gasteiger partial charge in [0.15, 0.2) is 6.10 Å². The molecular formula is C11H15Cl5O4. The van der Waals surface area contributed by atoms with E-state index in [-0.39, 0.29) is 6.42 Å². The smallest absolute Gasteiger partial charge is 0.344 e. The molecule has 0 aliphatic heterocycles. The van der Waals surface area contributed by atoms with Gasteiger partial charge in [0.1, 0.15) is 0 Å². The number of unbranched alkanes of at least 4 members (excludes halogenated alkanes) is 3. The first-order valence-corrected chi connectivity index (χ1v) is 7.79. The number of carbonyl (C=O) groups excluding carboxylic acids is 1. The summed E-state index contributed by atoms with van der Waals surface area (Å²) in [5.74, 6) is -2.39. The summed E-state index contributed by atoms with van der Waals surface area (Å²) in [6.45, 7) is 2.03. The number of aliphatic carboxylic acids is 1. The number of halogens is 5. The number of hydrogen-bond donors (Lipinski definition) is 1. The number of hydrogen-bond acceptors (Lipinski definition) is 3. The number of ether oxygens (including phenoxy) is 1.